The number of rotatable bonds is 16. The zero-order chi connectivity index (χ0) is 67.1. The van der Waals surface area contributed by atoms with E-state index in [2.05, 4.69) is 26.8 Å². The van der Waals surface area contributed by atoms with Crippen molar-refractivity contribution < 1.29 is 133 Å². The fourth-order valence-corrected chi connectivity index (χ4v) is 18.0. The Balaban J connectivity index is 0.970. The van der Waals surface area contributed by atoms with Crippen LogP contribution < -0.4 is 0 Å². The predicted octanol–water partition coefficient (Wildman–Crippen LogP) is 0.127. The van der Waals surface area contributed by atoms with E-state index in [1.807, 2.05) is 58.0 Å². The topological polar surface area (TPSA) is 413 Å². The largest absolute Gasteiger partial charge is 0.479 e. The van der Waals surface area contributed by atoms with Crippen molar-refractivity contribution in [2.75, 3.05) is 26.4 Å². The number of carbonyl (C=O) groups is 4. The van der Waals surface area contributed by atoms with Gasteiger partial charge in [-0.3, -0.25) is 9.59 Å². The summed E-state index contributed by atoms with van der Waals surface area (Å²) >= 11 is 0. The van der Waals surface area contributed by atoms with E-state index in [1.165, 1.54) is 19.9 Å². The number of allylic oxidation sites excluding steroid dienone is 2. The van der Waals surface area contributed by atoms with Crippen LogP contribution in [0.2, 0.25) is 0 Å². The van der Waals surface area contributed by atoms with E-state index >= 15 is 0 Å². The Kier molecular flexibility index (Phi) is 20.5. The molecule has 4 heterocycles. The molecule has 4 aliphatic heterocycles. The van der Waals surface area contributed by atoms with Crippen molar-refractivity contribution in [2.24, 2.45) is 50.2 Å². The van der Waals surface area contributed by atoms with Crippen LogP contribution in [-0.4, -0.2) is 247 Å². The quantitative estimate of drug-likeness (QED) is 0.0344. The van der Waals surface area contributed by atoms with Crippen LogP contribution in [0.15, 0.2) is 48.1 Å². The summed E-state index contributed by atoms with van der Waals surface area (Å²) in [6, 6.07) is 9.17. The first-order valence-electron chi connectivity index (χ1n) is 31.9. The molecule has 29 atom stereocenters. The van der Waals surface area contributed by atoms with Gasteiger partial charge in [-0.15, -0.1) is 0 Å². The monoisotopic (exact) mass is 1310 g/mol. The van der Waals surface area contributed by atoms with E-state index in [0.717, 1.165) is 11.1 Å². The first kappa shape index (κ1) is 70.6. The minimum absolute atomic E-state index is 0.0567. The summed E-state index contributed by atoms with van der Waals surface area (Å²) in [6.07, 6.45) is -29.7. The molecular formula is C65H94O27. The van der Waals surface area contributed by atoms with Gasteiger partial charge in [-0.1, -0.05) is 90.4 Å². The van der Waals surface area contributed by atoms with Gasteiger partial charge in [-0.05, 0) is 96.0 Å². The molecule has 9 aliphatic rings. The van der Waals surface area contributed by atoms with Gasteiger partial charge in [0.1, 0.15) is 91.6 Å². The molecule has 1 aromatic rings. The maximum Gasteiger partial charge on any atom is 0.335 e. The van der Waals surface area contributed by atoms with E-state index in [0.29, 0.717) is 38.5 Å². The molecule has 0 bridgehead atoms. The third-order valence-electron chi connectivity index (χ3n) is 23.0. The van der Waals surface area contributed by atoms with Crippen molar-refractivity contribution in [3.05, 3.63) is 53.6 Å². The van der Waals surface area contributed by atoms with Crippen molar-refractivity contribution in [1.29, 1.82) is 0 Å². The lowest BCUT2D eigenvalue weighted by Gasteiger charge is -2.72. The molecule has 0 spiro atoms. The Bertz CT molecular complexity index is 2870. The first-order chi connectivity index (χ1) is 43.2. The number of ether oxygens (including phenoxy) is 11. The Morgan fingerprint density at radius 3 is 1.88 bits per heavy atom. The molecule has 2 unspecified atom stereocenters. The van der Waals surface area contributed by atoms with E-state index < -0.39 is 224 Å². The maximum atomic E-state index is 13.8. The van der Waals surface area contributed by atoms with Crippen LogP contribution in [0, 0.1) is 50.2 Å². The maximum absolute atomic E-state index is 13.8. The van der Waals surface area contributed by atoms with Gasteiger partial charge in [-0.25, -0.2) is 9.59 Å². The van der Waals surface area contributed by atoms with Crippen LogP contribution in [-0.2, 0) is 71.3 Å². The average molecular weight is 1310 g/mol. The number of fused-ring (bicyclic) bond motifs is 7. The molecule has 0 aromatic heterocycles. The summed E-state index contributed by atoms with van der Waals surface area (Å²) in [4.78, 5) is 53.9. The highest BCUT2D eigenvalue weighted by Crippen LogP contribution is 2.76. The number of carbonyl (C=O) groups excluding carboxylic acids is 3. The van der Waals surface area contributed by atoms with Crippen LogP contribution in [0.3, 0.4) is 0 Å². The minimum Gasteiger partial charge on any atom is -0.479 e. The molecule has 92 heavy (non-hydrogen) atoms. The lowest BCUT2D eigenvalue weighted by molar-refractivity contribution is -0.399. The number of carboxylic acids is 1. The first-order valence-corrected chi connectivity index (χ1v) is 31.9. The molecule has 12 N–H and O–H groups in total. The molecule has 0 amide bonds. The SMILES string of the molecule is CC(=O)O[C@@H]1C[C@]2(C)C(=CCC3[C@@]4(C)CC[C@H](O[C@@H]5O[C@H](C(=O)O)[C@@H](O)[C@H](O[C@@H]6OC[C@@H](O)[C@H](O)[C@H]6O[C@@H]6OC[C@@H](O)[C@H](O)[C@H]6O)[C@H]5O[C@@H]5O[C@H](CO)[C@H](O)[C@H](O)[C@H]5O)C(C)(C)C4CC[C@]32C)[C@@H]2CC(C)(C)[C@@H](OC(=O)/C=C/c3ccccc3)[C@H](OC(C)=O)[C@]12CO. The van der Waals surface area contributed by atoms with Gasteiger partial charge in [0.25, 0.3) is 0 Å². The van der Waals surface area contributed by atoms with E-state index in [1.54, 1.807) is 6.08 Å². The van der Waals surface area contributed by atoms with E-state index in [9.17, 15) is 80.5 Å². The fraction of sp³-hybridized carbons (Fsp3) is 0.785. The lowest BCUT2D eigenvalue weighted by atomic mass is 9.33. The number of hydrogen-bond donors (Lipinski definition) is 12. The van der Waals surface area contributed by atoms with Crippen LogP contribution in [0.25, 0.3) is 6.08 Å². The van der Waals surface area contributed by atoms with E-state index in [4.69, 9.17) is 52.1 Å². The molecule has 0 radical (unpaired) electrons. The van der Waals surface area contributed by atoms with Gasteiger partial charge in [0.2, 0.25) is 0 Å². The van der Waals surface area contributed by atoms with Gasteiger partial charge in [-0.2, -0.15) is 0 Å². The standard InChI is InChI=1S/C65H94O27/c1-29(68)84-40-24-64(9)32(33-23-60(3,4)53(54(85-30(2)69)65(33,40)28-67)88-41(72)18-15-31-13-11-10-12-14-31)16-17-38-62(7)21-20-39(61(5,6)37(62)19-22-63(38,64)8)87-59-52(92-57-47(78)45(76)44(75)36(25-66)86-57)49(48(79)50(90-59)55(80)81)89-58-51(43(74)35(71)27-83-58)91-56-46(77)42(73)34(70)26-82-56/h10-16,18,33-40,42-54,56-59,66-67,70-71,73-79H,17,19-28H2,1-9H3,(H,80,81)/b18-15+/t33-,34+,35+,36+,37?,38?,39-,40+,42-,43-,44-,45-,46+,47+,48-,49-,50-,51+,52+,53-,54-,56-,57-,58-,59+,62-,63+,64+,65-/m0/s1. The molecule has 4 saturated carbocycles. The number of aliphatic hydroxyl groups excluding tert-OH is 11. The molecule has 516 valence electrons. The Labute approximate surface area is 533 Å². The second-order valence-electron chi connectivity index (χ2n) is 29.0. The van der Waals surface area contributed by atoms with Crippen molar-refractivity contribution in [3.63, 3.8) is 0 Å². The summed E-state index contributed by atoms with van der Waals surface area (Å²) < 4.78 is 67.8. The van der Waals surface area contributed by atoms with Crippen LogP contribution in [0.5, 0.6) is 0 Å². The molecule has 1 aromatic carbocycles. The van der Waals surface area contributed by atoms with Crippen molar-refractivity contribution in [2.45, 2.75) is 242 Å². The summed E-state index contributed by atoms with van der Waals surface area (Å²) in [5, 5.41) is 132. The van der Waals surface area contributed by atoms with Crippen molar-refractivity contribution in [1.82, 2.24) is 0 Å². The number of aliphatic carboxylic acids is 1. The molecular weight excluding hydrogens is 1210 g/mol. The Morgan fingerprint density at radius 2 is 1.24 bits per heavy atom. The summed E-state index contributed by atoms with van der Waals surface area (Å²) in [5.74, 6) is -4.44. The Morgan fingerprint density at radius 1 is 0.609 bits per heavy atom. The third kappa shape index (κ3) is 12.3. The van der Waals surface area contributed by atoms with Crippen LogP contribution in [0.4, 0.5) is 0 Å². The van der Waals surface area contributed by atoms with Crippen LogP contribution in [0.1, 0.15) is 113 Å². The molecule has 27 heteroatoms. The minimum atomic E-state index is -2.23. The number of hydrogen-bond acceptors (Lipinski definition) is 26. The molecule has 27 nitrogen and oxygen atoms in total. The molecule has 8 fully saturated rings. The molecule has 10 rings (SSSR count). The summed E-state index contributed by atoms with van der Waals surface area (Å²) in [6.45, 7) is 14.6. The van der Waals surface area contributed by atoms with Gasteiger partial charge < -0.3 is 113 Å². The fourth-order valence-electron chi connectivity index (χ4n) is 18.0. The number of aliphatic hydroxyl groups is 11. The normalized spacial score (nSPS) is 47.3. The number of carboxylic acid groups (broad SMARTS) is 1. The van der Waals surface area contributed by atoms with Gasteiger partial charge >= 0.3 is 23.9 Å². The second-order valence-corrected chi connectivity index (χ2v) is 29.0. The highest BCUT2D eigenvalue weighted by atomic mass is 16.8. The second kappa shape index (κ2) is 26.7. The summed E-state index contributed by atoms with van der Waals surface area (Å²) in [5.41, 5.74) is -3.11. The average Bonchev–Trinajstić information content (AvgIpc) is 0.668. The van der Waals surface area contributed by atoms with Gasteiger partial charge in [0.05, 0.1) is 37.9 Å². The predicted molar refractivity (Wildman–Crippen MR) is 314 cm³/mol. The lowest BCUT2D eigenvalue weighted by Crippen LogP contribution is -2.73. The number of esters is 3. The summed E-state index contributed by atoms with van der Waals surface area (Å²) in [7, 11) is 0. The zero-order valence-electron chi connectivity index (χ0n) is 53.3. The van der Waals surface area contributed by atoms with E-state index in [-0.39, 0.29) is 18.3 Å². The zero-order valence-corrected chi connectivity index (χ0v) is 53.3. The van der Waals surface area contributed by atoms with Crippen LogP contribution >= 0.6 is 0 Å². The molecule has 5 aliphatic carbocycles. The van der Waals surface area contributed by atoms with Gasteiger partial charge in [0.15, 0.2) is 37.4 Å². The third-order valence-corrected chi connectivity index (χ3v) is 23.0. The van der Waals surface area contributed by atoms with Crippen molar-refractivity contribution >= 4 is 30.0 Å². The highest BCUT2D eigenvalue weighted by Gasteiger charge is 2.75. The van der Waals surface area contributed by atoms with Crippen molar-refractivity contribution in [3.8, 4) is 0 Å². The Hall–Kier alpha value is -4.18. The van der Waals surface area contributed by atoms with Gasteiger partial charge in [0, 0.05) is 25.3 Å². The molecule has 4 saturated heterocycles. The highest BCUT2D eigenvalue weighted by molar-refractivity contribution is 5.87. The number of benzene rings is 1. The smallest absolute Gasteiger partial charge is 0.335 e.